The molecule has 5 nitrogen and oxygen atoms in total. The zero-order valence-electron chi connectivity index (χ0n) is 18.2. The number of aliphatic carboxylic acids is 1. The molecule has 0 unspecified atom stereocenters. The van der Waals surface area contributed by atoms with Crippen LogP contribution < -0.4 is 4.90 Å². The lowest BCUT2D eigenvalue weighted by molar-refractivity contribution is -0.192. The van der Waals surface area contributed by atoms with Crippen molar-refractivity contribution in [3.63, 3.8) is 0 Å². The number of carbonyl (C=O) groups is 2. The van der Waals surface area contributed by atoms with E-state index in [1.165, 1.54) is 23.4 Å². The Kier molecular flexibility index (Phi) is 7.29. The first-order chi connectivity index (χ1) is 15.6. The van der Waals surface area contributed by atoms with Crippen molar-refractivity contribution in [2.75, 3.05) is 31.1 Å². The maximum Gasteiger partial charge on any atom is 0.490 e. The number of likely N-dealkylation sites (N-methyl/N-ethyl adjacent to an activating group) is 1. The highest BCUT2D eigenvalue weighted by Gasteiger charge is 2.44. The van der Waals surface area contributed by atoms with Crippen molar-refractivity contribution >= 4 is 17.6 Å². The number of rotatable bonds is 3. The van der Waals surface area contributed by atoms with E-state index in [-0.39, 0.29) is 23.6 Å². The Bertz CT molecular complexity index is 1000. The van der Waals surface area contributed by atoms with Crippen molar-refractivity contribution in [1.29, 1.82) is 0 Å². The first-order valence-electron chi connectivity index (χ1n) is 10.7. The summed E-state index contributed by atoms with van der Waals surface area (Å²) in [5.41, 5.74) is 3.72. The number of hydrogen-bond acceptors (Lipinski definition) is 3. The number of para-hydroxylation sites is 1. The molecule has 2 aromatic carbocycles. The Morgan fingerprint density at radius 1 is 1.06 bits per heavy atom. The monoisotopic (exact) mass is 466 g/mol. The number of likely N-dealkylation sites (tertiary alicyclic amines) is 1. The number of alkyl halides is 3. The predicted molar refractivity (Wildman–Crippen MR) is 116 cm³/mol. The van der Waals surface area contributed by atoms with Crippen molar-refractivity contribution in [3.05, 3.63) is 65.5 Å². The fourth-order valence-corrected chi connectivity index (χ4v) is 4.56. The summed E-state index contributed by atoms with van der Waals surface area (Å²) in [5.74, 6) is -2.94. The summed E-state index contributed by atoms with van der Waals surface area (Å²) < 4.78 is 45.1. The van der Waals surface area contributed by atoms with Gasteiger partial charge in [0.2, 0.25) is 5.91 Å². The lowest BCUT2D eigenvalue weighted by Crippen LogP contribution is -2.47. The molecule has 33 heavy (non-hydrogen) atoms. The number of hydrogen-bond donors (Lipinski definition) is 1. The van der Waals surface area contributed by atoms with E-state index >= 15 is 0 Å². The van der Waals surface area contributed by atoms with Crippen molar-refractivity contribution in [1.82, 2.24) is 4.90 Å². The van der Waals surface area contributed by atoms with Gasteiger partial charge in [-0.1, -0.05) is 30.3 Å². The fraction of sp³-hybridized carbons (Fsp3) is 0.417. The summed E-state index contributed by atoms with van der Waals surface area (Å²) in [5, 5.41) is 7.12. The van der Waals surface area contributed by atoms with Gasteiger partial charge in [-0.25, -0.2) is 9.18 Å². The molecule has 4 rings (SSSR count). The summed E-state index contributed by atoms with van der Waals surface area (Å²) in [7, 11) is 0. The fourth-order valence-electron chi connectivity index (χ4n) is 4.56. The summed E-state index contributed by atoms with van der Waals surface area (Å²) in [6, 6.07) is 15.1. The smallest absolute Gasteiger partial charge is 0.475 e. The van der Waals surface area contributed by atoms with Crippen LogP contribution in [0.5, 0.6) is 0 Å². The molecule has 9 heteroatoms. The summed E-state index contributed by atoms with van der Waals surface area (Å²) in [6.45, 7) is 5.82. The third-order valence-electron chi connectivity index (χ3n) is 6.25. The van der Waals surface area contributed by atoms with E-state index in [9.17, 15) is 22.4 Å². The first-order valence-corrected chi connectivity index (χ1v) is 10.7. The number of piperidine rings is 1. The maximum absolute atomic E-state index is 13.3. The van der Waals surface area contributed by atoms with E-state index < -0.39 is 12.1 Å². The average Bonchev–Trinajstić information content (AvgIpc) is 3.07. The maximum atomic E-state index is 13.3. The largest absolute Gasteiger partial charge is 0.490 e. The van der Waals surface area contributed by atoms with Gasteiger partial charge in [-0.15, -0.1) is 0 Å². The highest BCUT2D eigenvalue weighted by Crippen LogP contribution is 2.46. The number of benzene rings is 2. The first kappa shape index (κ1) is 24.5. The van der Waals surface area contributed by atoms with Crippen LogP contribution >= 0.6 is 0 Å². The molecule has 2 aromatic rings. The van der Waals surface area contributed by atoms with Crippen LogP contribution in [0.25, 0.3) is 0 Å². The van der Waals surface area contributed by atoms with Gasteiger partial charge in [0.1, 0.15) is 5.82 Å². The second kappa shape index (κ2) is 9.80. The highest BCUT2D eigenvalue weighted by molar-refractivity contribution is 5.79. The molecule has 2 aliphatic rings. The minimum Gasteiger partial charge on any atom is -0.475 e. The summed E-state index contributed by atoms with van der Waals surface area (Å²) in [4.78, 5) is 25.9. The number of carboxylic acids is 1. The zero-order chi connectivity index (χ0) is 24.2. The van der Waals surface area contributed by atoms with Crippen LogP contribution in [0.4, 0.5) is 23.2 Å². The average molecular weight is 466 g/mol. The Morgan fingerprint density at radius 2 is 1.70 bits per heavy atom. The molecule has 0 aliphatic carbocycles. The Balaban J connectivity index is 0.000000383. The number of anilines is 1. The van der Waals surface area contributed by atoms with Gasteiger partial charge in [0.05, 0.1) is 6.42 Å². The molecule has 1 spiro atoms. The van der Waals surface area contributed by atoms with Gasteiger partial charge >= 0.3 is 12.1 Å². The molecule has 1 fully saturated rings. The number of carboxylic acid groups (broad SMARTS) is 1. The van der Waals surface area contributed by atoms with Gasteiger partial charge in [0.15, 0.2) is 0 Å². The van der Waals surface area contributed by atoms with Gasteiger partial charge in [-0.2, -0.15) is 13.2 Å². The van der Waals surface area contributed by atoms with Gasteiger partial charge in [0.25, 0.3) is 0 Å². The molecule has 1 saturated heterocycles. The molecule has 2 aliphatic heterocycles. The molecule has 178 valence electrons. The third-order valence-corrected chi connectivity index (χ3v) is 6.25. The molecular formula is C24H26F4N2O3. The molecule has 0 atom stereocenters. The lowest BCUT2D eigenvalue weighted by atomic mass is 9.74. The summed E-state index contributed by atoms with van der Waals surface area (Å²) >= 11 is 0. The quantitative estimate of drug-likeness (QED) is 0.682. The second-order valence-electron chi connectivity index (χ2n) is 8.30. The van der Waals surface area contributed by atoms with Gasteiger partial charge in [0, 0.05) is 37.3 Å². The van der Waals surface area contributed by atoms with E-state index in [2.05, 4.69) is 36.1 Å². The Morgan fingerprint density at radius 3 is 2.27 bits per heavy atom. The molecule has 2 heterocycles. The third kappa shape index (κ3) is 5.64. The second-order valence-corrected chi connectivity index (χ2v) is 8.30. The SMILES string of the molecule is CCN1CC2(CCN(C(=O)Cc3cccc(F)c3)CC2)c2ccccc21.O=C(O)C(F)(F)F. The van der Waals surface area contributed by atoms with Crippen molar-refractivity contribution in [3.8, 4) is 0 Å². The topological polar surface area (TPSA) is 60.9 Å². The van der Waals surface area contributed by atoms with Crippen LogP contribution in [0.3, 0.4) is 0 Å². The van der Waals surface area contributed by atoms with Crippen LogP contribution in [0.1, 0.15) is 30.9 Å². The van der Waals surface area contributed by atoms with Crippen LogP contribution in [-0.2, 0) is 21.4 Å². The molecular weight excluding hydrogens is 440 g/mol. The van der Waals surface area contributed by atoms with E-state index in [1.54, 1.807) is 6.07 Å². The van der Waals surface area contributed by atoms with Crippen molar-refractivity contribution in [2.24, 2.45) is 0 Å². The zero-order valence-corrected chi connectivity index (χ0v) is 18.2. The Labute approximate surface area is 189 Å². The van der Waals surface area contributed by atoms with Gasteiger partial charge in [-0.05, 0) is 49.1 Å². The minimum atomic E-state index is -5.08. The lowest BCUT2D eigenvalue weighted by Gasteiger charge is -2.40. The predicted octanol–water partition coefficient (Wildman–Crippen LogP) is 4.40. The van der Waals surface area contributed by atoms with E-state index in [1.807, 2.05) is 11.0 Å². The van der Waals surface area contributed by atoms with E-state index in [0.717, 1.165) is 44.6 Å². The van der Waals surface area contributed by atoms with Gasteiger partial charge < -0.3 is 14.9 Å². The number of amides is 1. The normalized spacial score (nSPS) is 16.8. The Hall–Kier alpha value is -3.10. The van der Waals surface area contributed by atoms with Crippen LogP contribution in [0.15, 0.2) is 48.5 Å². The van der Waals surface area contributed by atoms with E-state index in [0.29, 0.717) is 0 Å². The molecule has 0 bridgehead atoms. The van der Waals surface area contributed by atoms with Gasteiger partial charge in [-0.3, -0.25) is 4.79 Å². The minimum absolute atomic E-state index is 0.101. The van der Waals surface area contributed by atoms with Crippen LogP contribution in [-0.4, -0.2) is 54.2 Å². The van der Waals surface area contributed by atoms with E-state index in [4.69, 9.17) is 9.90 Å². The molecule has 0 aromatic heterocycles. The highest BCUT2D eigenvalue weighted by atomic mass is 19.4. The number of nitrogens with zero attached hydrogens (tertiary/aromatic N) is 2. The van der Waals surface area contributed by atoms with Crippen LogP contribution in [0, 0.1) is 5.82 Å². The molecule has 1 N–H and O–H groups in total. The molecule has 1 amide bonds. The number of fused-ring (bicyclic) bond motifs is 2. The molecule has 0 radical (unpaired) electrons. The van der Waals surface area contributed by atoms with Crippen molar-refractivity contribution in [2.45, 2.75) is 37.8 Å². The summed E-state index contributed by atoms with van der Waals surface area (Å²) in [6.07, 6.45) is -2.81. The number of carbonyl (C=O) groups excluding carboxylic acids is 1. The van der Waals surface area contributed by atoms with Crippen molar-refractivity contribution < 1.29 is 32.3 Å². The van der Waals surface area contributed by atoms with Crippen LogP contribution in [0.2, 0.25) is 0 Å². The number of halogens is 4. The standard InChI is InChI=1S/C22H25FN2O.C2HF3O2/c1-2-24-16-22(19-8-3-4-9-20(19)24)10-12-25(13-11-22)21(26)15-17-6-5-7-18(23)14-17;3-2(4,5)1(6)7/h3-9,14H,2,10-13,15-16H2,1H3;(H,6,7). The molecule has 0 saturated carbocycles.